The van der Waals surface area contributed by atoms with Crippen molar-refractivity contribution in [3.05, 3.63) is 18.7 Å². The number of rotatable bonds is 4. The Hall–Kier alpha value is -1.07. The minimum Gasteiger partial charge on any atom is -0.352 e. The SMILES string of the molecule is CC(Cn1ccnc1)NC(=O)C1CCCNC1C.Cl. The molecule has 2 rings (SSSR count). The standard InChI is InChI=1S/C13H22N4O.ClH/c1-10(8-17-7-6-14-9-17)16-13(18)12-4-3-5-15-11(12)2;/h6-7,9-12,15H,3-5,8H2,1-2H3,(H,16,18);1H. The molecule has 0 saturated carbocycles. The third kappa shape index (κ3) is 4.51. The van der Waals surface area contributed by atoms with E-state index in [1.54, 1.807) is 12.5 Å². The molecule has 2 heterocycles. The fourth-order valence-corrected chi connectivity index (χ4v) is 2.51. The van der Waals surface area contributed by atoms with Gasteiger partial charge in [0.1, 0.15) is 0 Å². The van der Waals surface area contributed by atoms with Crippen molar-refractivity contribution in [3.8, 4) is 0 Å². The van der Waals surface area contributed by atoms with Crippen molar-refractivity contribution in [2.75, 3.05) is 6.54 Å². The highest BCUT2D eigenvalue weighted by molar-refractivity contribution is 5.85. The molecule has 1 aliphatic heterocycles. The van der Waals surface area contributed by atoms with Gasteiger partial charge in [0, 0.05) is 31.0 Å². The second kappa shape index (κ2) is 7.50. The molecule has 1 saturated heterocycles. The second-order valence-corrected chi connectivity index (χ2v) is 5.16. The van der Waals surface area contributed by atoms with E-state index < -0.39 is 0 Å². The van der Waals surface area contributed by atoms with Gasteiger partial charge in [-0.25, -0.2) is 4.98 Å². The van der Waals surface area contributed by atoms with Crippen molar-refractivity contribution in [2.45, 2.75) is 45.3 Å². The summed E-state index contributed by atoms with van der Waals surface area (Å²) in [5.74, 6) is 0.270. The molecule has 6 heteroatoms. The number of carbonyl (C=O) groups excluding carboxylic acids is 1. The molecule has 0 bridgehead atoms. The van der Waals surface area contributed by atoms with Crippen LogP contribution in [0.3, 0.4) is 0 Å². The number of nitrogens with one attached hydrogen (secondary N) is 2. The lowest BCUT2D eigenvalue weighted by atomic mass is 9.91. The van der Waals surface area contributed by atoms with Crippen LogP contribution in [0.2, 0.25) is 0 Å². The normalized spacial score (nSPS) is 24.3. The molecule has 1 aliphatic rings. The van der Waals surface area contributed by atoms with Crippen LogP contribution < -0.4 is 10.6 Å². The number of carbonyl (C=O) groups is 1. The largest absolute Gasteiger partial charge is 0.352 e. The summed E-state index contributed by atoms with van der Waals surface area (Å²) >= 11 is 0. The van der Waals surface area contributed by atoms with Crippen LogP contribution in [-0.4, -0.2) is 34.1 Å². The van der Waals surface area contributed by atoms with E-state index in [0.717, 1.165) is 25.9 Å². The Bertz CT molecular complexity index is 382. The first kappa shape index (κ1) is 16.0. The summed E-state index contributed by atoms with van der Waals surface area (Å²) in [6.45, 7) is 5.90. The molecule has 3 unspecified atom stereocenters. The molecule has 0 radical (unpaired) electrons. The zero-order chi connectivity index (χ0) is 13.0. The molecule has 108 valence electrons. The molecule has 2 N–H and O–H groups in total. The van der Waals surface area contributed by atoms with Crippen LogP contribution >= 0.6 is 12.4 Å². The van der Waals surface area contributed by atoms with Crippen molar-refractivity contribution in [2.24, 2.45) is 5.92 Å². The van der Waals surface area contributed by atoms with Crippen LogP contribution in [0.15, 0.2) is 18.7 Å². The number of halogens is 1. The average Bonchev–Trinajstić information content (AvgIpc) is 2.82. The Morgan fingerprint density at radius 1 is 1.63 bits per heavy atom. The third-order valence-electron chi connectivity index (χ3n) is 3.53. The van der Waals surface area contributed by atoms with Crippen LogP contribution in [0, 0.1) is 5.92 Å². The summed E-state index contributed by atoms with van der Waals surface area (Å²) in [7, 11) is 0. The van der Waals surface area contributed by atoms with E-state index in [0.29, 0.717) is 0 Å². The van der Waals surface area contributed by atoms with Crippen LogP contribution in [0.5, 0.6) is 0 Å². The van der Waals surface area contributed by atoms with Crippen molar-refractivity contribution in [1.29, 1.82) is 0 Å². The van der Waals surface area contributed by atoms with Gasteiger partial charge in [-0.3, -0.25) is 4.79 Å². The van der Waals surface area contributed by atoms with Crippen LogP contribution in [0.1, 0.15) is 26.7 Å². The van der Waals surface area contributed by atoms with E-state index in [9.17, 15) is 4.79 Å². The van der Waals surface area contributed by atoms with Gasteiger partial charge < -0.3 is 15.2 Å². The fraction of sp³-hybridized carbons (Fsp3) is 0.692. The lowest BCUT2D eigenvalue weighted by Crippen LogP contribution is -2.49. The summed E-state index contributed by atoms with van der Waals surface area (Å²) in [6, 6.07) is 0.403. The first-order chi connectivity index (χ1) is 8.66. The molecule has 1 aromatic rings. The predicted molar refractivity (Wildman–Crippen MR) is 77.3 cm³/mol. The van der Waals surface area contributed by atoms with Gasteiger partial charge in [-0.2, -0.15) is 0 Å². The Morgan fingerprint density at radius 2 is 2.42 bits per heavy atom. The van der Waals surface area contributed by atoms with Gasteiger partial charge >= 0.3 is 0 Å². The molecule has 0 aromatic carbocycles. The first-order valence-corrected chi connectivity index (χ1v) is 6.66. The number of nitrogens with zero attached hydrogens (tertiary/aromatic N) is 2. The van der Waals surface area contributed by atoms with E-state index in [1.807, 2.05) is 17.7 Å². The van der Waals surface area contributed by atoms with Crippen LogP contribution in [-0.2, 0) is 11.3 Å². The summed E-state index contributed by atoms with van der Waals surface area (Å²) in [6.07, 6.45) is 7.50. The first-order valence-electron chi connectivity index (χ1n) is 6.66. The van der Waals surface area contributed by atoms with Gasteiger partial charge in [-0.1, -0.05) is 0 Å². The van der Waals surface area contributed by atoms with Crippen molar-refractivity contribution < 1.29 is 4.79 Å². The van der Waals surface area contributed by atoms with E-state index in [-0.39, 0.29) is 36.3 Å². The average molecular weight is 287 g/mol. The van der Waals surface area contributed by atoms with Gasteiger partial charge in [0.25, 0.3) is 0 Å². The number of hydrogen-bond acceptors (Lipinski definition) is 3. The number of amides is 1. The third-order valence-corrected chi connectivity index (χ3v) is 3.53. The van der Waals surface area contributed by atoms with E-state index in [2.05, 4.69) is 22.5 Å². The fourth-order valence-electron chi connectivity index (χ4n) is 2.51. The van der Waals surface area contributed by atoms with E-state index >= 15 is 0 Å². The molecule has 1 amide bonds. The Balaban J connectivity index is 0.00000180. The highest BCUT2D eigenvalue weighted by atomic mass is 35.5. The lowest BCUT2D eigenvalue weighted by Gasteiger charge is -2.30. The zero-order valence-corrected chi connectivity index (χ0v) is 12.3. The molecule has 3 atom stereocenters. The molecular formula is C13H23ClN4O. The van der Waals surface area contributed by atoms with Crippen molar-refractivity contribution in [1.82, 2.24) is 20.2 Å². The van der Waals surface area contributed by atoms with Gasteiger partial charge in [-0.15, -0.1) is 12.4 Å². The minimum absolute atomic E-state index is 0. The van der Waals surface area contributed by atoms with E-state index in [1.165, 1.54) is 0 Å². The lowest BCUT2D eigenvalue weighted by molar-refractivity contribution is -0.127. The number of aromatic nitrogens is 2. The summed E-state index contributed by atoms with van der Waals surface area (Å²) < 4.78 is 1.98. The summed E-state index contributed by atoms with van der Waals surface area (Å²) in [5, 5.41) is 6.45. The van der Waals surface area contributed by atoms with Gasteiger partial charge in [0.05, 0.1) is 12.2 Å². The predicted octanol–water partition coefficient (Wildman–Crippen LogP) is 1.20. The molecule has 0 spiro atoms. The highest BCUT2D eigenvalue weighted by Gasteiger charge is 2.27. The van der Waals surface area contributed by atoms with Crippen LogP contribution in [0.4, 0.5) is 0 Å². The molecule has 1 aromatic heterocycles. The number of hydrogen-bond donors (Lipinski definition) is 2. The zero-order valence-electron chi connectivity index (χ0n) is 11.5. The maximum absolute atomic E-state index is 12.2. The van der Waals surface area contributed by atoms with Crippen molar-refractivity contribution in [3.63, 3.8) is 0 Å². The Labute approximate surface area is 120 Å². The Kier molecular flexibility index (Phi) is 6.31. The van der Waals surface area contributed by atoms with Gasteiger partial charge in [0.15, 0.2) is 0 Å². The van der Waals surface area contributed by atoms with Crippen LogP contribution in [0.25, 0.3) is 0 Å². The molecule has 19 heavy (non-hydrogen) atoms. The Morgan fingerprint density at radius 3 is 3.05 bits per heavy atom. The van der Waals surface area contributed by atoms with E-state index in [4.69, 9.17) is 0 Å². The minimum atomic E-state index is 0. The molecule has 0 aliphatic carbocycles. The van der Waals surface area contributed by atoms with Crippen molar-refractivity contribution >= 4 is 18.3 Å². The molecule has 5 nitrogen and oxygen atoms in total. The maximum atomic E-state index is 12.2. The monoisotopic (exact) mass is 286 g/mol. The highest BCUT2D eigenvalue weighted by Crippen LogP contribution is 2.16. The second-order valence-electron chi connectivity index (χ2n) is 5.16. The number of imidazole rings is 1. The summed E-state index contributed by atoms with van der Waals surface area (Å²) in [5.41, 5.74) is 0. The smallest absolute Gasteiger partial charge is 0.224 e. The number of piperidine rings is 1. The quantitative estimate of drug-likeness (QED) is 0.874. The topological polar surface area (TPSA) is 59.0 Å². The summed E-state index contributed by atoms with van der Waals surface area (Å²) in [4.78, 5) is 16.2. The van der Waals surface area contributed by atoms with Gasteiger partial charge in [0.2, 0.25) is 5.91 Å². The molecular weight excluding hydrogens is 264 g/mol. The van der Waals surface area contributed by atoms with Gasteiger partial charge in [-0.05, 0) is 33.2 Å². The molecule has 1 fully saturated rings. The maximum Gasteiger partial charge on any atom is 0.224 e.